The van der Waals surface area contributed by atoms with E-state index in [1.54, 1.807) is 0 Å². The molecule has 4 fully saturated rings. The van der Waals surface area contributed by atoms with Crippen LogP contribution in [-0.2, 0) is 9.53 Å². The highest BCUT2D eigenvalue weighted by Gasteiger charge is 2.60. The maximum absolute atomic E-state index is 12.8. The standard InChI is InChI=1S/C44H80O2/c1-8-9-10-11-12-13-14-15-16-17-18-19-20-21-42(45)46-37-28-30-43(6)36(32-37)24-25-38-40-27-26-39(44(40,7)31-29-41(38)43)35(5)23-22-34(4)33(2)3/h33-41H,8-32H2,1-7H3/t34-,35+,36?,37?,38-,39+,40-,41-,43-,44+/m0/s1. The molecule has 0 heterocycles. The molecule has 4 saturated carbocycles. The van der Waals surface area contributed by atoms with Gasteiger partial charge in [0.1, 0.15) is 6.10 Å². The number of rotatable bonds is 20. The van der Waals surface area contributed by atoms with Crippen LogP contribution in [0.15, 0.2) is 0 Å². The van der Waals surface area contributed by atoms with Crippen molar-refractivity contribution in [3.8, 4) is 0 Å². The van der Waals surface area contributed by atoms with E-state index in [2.05, 4.69) is 48.5 Å². The van der Waals surface area contributed by atoms with Crippen molar-refractivity contribution in [1.82, 2.24) is 0 Å². The highest BCUT2D eigenvalue weighted by atomic mass is 16.5. The van der Waals surface area contributed by atoms with Crippen LogP contribution in [0.5, 0.6) is 0 Å². The van der Waals surface area contributed by atoms with Crippen molar-refractivity contribution < 1.29 is 9.53 Å². The zero-order valence-corrected chi connectivity index (χ0v) is 32.2. The zero-order chi connectivity index (χ0) is 33.2. The number of fused-ring (bicyclic) bond motifs is 5. The van der Waals surface area contributed by atoms with E-state index in [-0.39, 0.29) is 12.1 Å². The third kappa shape index (κ3) is 9.79. The molecule has 4 aliphatic carbocycles. The topological polar surface area (TPSA) is 26.3 Å². The summed E-state index contributed by atoms with van der Waals surface area (Å²) in [6.45, 7) is 17.6. The first-order chi connectivity index (χ1) is 22.1. The summed E-state index contributed by atoms with van der Waals surface area (Å²) in [5, 5.41) is 0. The fraction of sp³-hybridized carbons (Fsp3) is 0.977. The van der Waals surface area contributed by atoms with Gasteiger partial charge in [-0.05, 0) is 122 Å². The lowest BCUT2D eigenvalue weighted by atomic mass is 9.44. The molecule has 0 radical (unpaired) electrons. The smallest absolute Gasteiger partial charge is 0.306 e. The summed E-state index contributed by atoms with van der Waals surface area (Å²) in [6, 6.07) is 0. The number of carbonyl (C=O) groups is 1. The summed E-state index contributed by atoms with van der Waals surface area (Å²) in [4.78, 5) is 12.8. The van der Waals surface area contributed by atoms with Crippen LogP contribution in [-0.4, -0.2) is 12.1 Å². The molecule has 0 saturated heterocycles. The minimum atomic E-state index is 0.0905. The Morgan fingerprint density at radius 3 is 1.89 bits per heavy atom. The van der Waals surface area contributed by atoms with Crippen molar-refractivity contribution in [3.63, 3.8) is 0 Å². The fourth-order valence-electron chi connectivity index (χ4n) is 11.9. The normalized spacial score (nSPS) is 35.3. The van der Waals surface area contributed by atoms with Gasteiger partial charge in [-0.2, -0.15) is 0 Å². The third-order valence-electron chi connectivity index (χ3n) is 15.4. The average Bonchev–Trinajstić information content (AvgIpc) is 3.39. The largest absolute Gasteiger partial charge is 0.462 e. The zero-order valence-electron chi connectivity index (χ0n) is 32.2. The summed E-state index contributed by atoms with van der Waals surface area (Å²) in [5.41, 5.74) is 1.05. The maximum atomic E-state index is 12.8. The summed E-state index contributed by atoms with van der Waals surface area (Å²) in [5.74, 6) is 7.14. The van der Waals surface area contributed by atoms with Crippen LogP contribution in [0.25, 0.3) is 0 Å². The minimum absolute atomic E-state index is 0.0905. The molecular weight excluding hydrogens is 560 g/mol. The summed E-state index contributed by atoms with van der Waals surface area (Å²) >= 11 is 0. The molecule has 0 N–H and O–H groups in total. The van der Waals surface area contributed by atoms with Gasteiger partial charge in [0.15, 0.2) is 0 Å². The molecule has 0 aromatic rings. The first-order valence-electron chi connectivity index (χ1n) is 21.3. The lowest BCUT2D eigenvalue weighted by molar-refractivity contribution is -0.162. The van der Waals surface area contributed by atoms with E-state index in [9.17, 15) is 4.79 Å². The third-order valence-corrected chi connectivity index (χ3v) is 15.4. The van der Waals surface area contributed by atoms with Gasteiger partial charge >= 0.3 is 5.97 Å². The molecule has 268 valence electrons. The first-order valence-corrected chi connectivity index (χ1v) is 21.3. The van der Waals surface area contributed by atoms with Crippen LogP contribution in [0.1, 0.15) is 209 Å². The van der Waals surface area contributed by atoms with Gasteiger partial charge in [-0.3, -0.25) is 4.79 Å². The highest BCUT2D eigenvalue weighted by molar-refractivity contribution is 5.69. The van der Waals surface area contributed by atoms with E-state index < -0.39 is 0 Å². The van der Waals surface area contributed by atoms with Gasteiger partial charge in [-0.15, -0.1) is 0 Å². The van der Waals surface area contributed by atoms with Crippen LogP contribution in [0, 0.1) is 58.2 Å². The molecule has 4 aliphatic rings. The molecule has 4 rings (SSSR count). The predicted octanol–water partition coefficient (Wildman–Crippen LogP) is 13.7. The molecule has 10 atom stereocenters. The molecule has 0 amide bonds. The number of hydrogen-bond donors (Lipinski definition) is 0. The van der Waals surface area contributed by atoms with Crippen LogP contribution in [0.3, 0.4) is 0 Å². The monoisotopic (exact) mass is 641 g/mol. The molecule has 46 heavy (non-hydrogen) atoms. The Morgan fingerprint density at radius 1 is 0.674 bits per heavy atom. The van der Waals surface area contributed by atoms with E-state index in [0.717, 1.165) is 66.6 Å². The van der Waals surface area contributed by atoms with Crippen LogP contribution in [0.2, 0.25) is 0 Å². The quantitative estimate of drug-likeness (QED) is 0.0977. The molecule has 2 heteroatoms. The molecule has 0 aliphatic heterocycles. The Hall–Kier alpha value is -0.530. The van der Waals surface area contributed by atoms with Gasteiger partial charge in [-0.1, -0.05) is 138 Å². The fourth-order valence-corrected chi connectivity index (χ4v) is 11.9. The van der Waals surface area contributed by atoms with Gasteiger partial charge in [0, 0.05) is 6.42 Å². The highest BCUT2D eigenvalue weighted by Crippen LogP contribution is 2.68. The summed E-state index contributed by atoms with van der Waals surface area (Å²) in [7, 11) is 0. The van der Waals surface area contributed by atoms with Gasteiger partial charge < -0.3 is 4.74 Å². The van der Waals surface area contributed by atoms with Crippen molar-refractivity contribution >= 4 is 5.97 Å². The Bertz CT molecular complexity index is 879. The number of ether oxygens (including phenoxy) is 1. The molecule has 0 aromatic heterocycles. The Labute approximate surface area is 288 Å². The van der Waals surface area contributed by atoms with E-state index in [1.807, 2.05) is 0 Å². The molecule has 0 spiro atoms. The average molecular weight is 641 g/mol. The Kier molecular flexibility index (Phi) is 15.4. The second-order valence-corrected chi connectivity index (χ2v) is 18.5. The Morgan fingerprint density at radius 2 is 1.26 bits per heavy atom. The number of unbranched alkanes of at least 4 members (excludes halogenated alkanes) is 12. The molecule has 2 nitrogen and oxygen atoms in total. The molecular formula is C44H80O2. The van der Waals surface area contributed by atoms with Gasteiger partial charge in [0.25, 0.3) is 0 Å². The molecule has 0 aromatic carbocycles. The van der Waals surface area contributed by atoms with Crippen molar-refractivity contribution in [2.24, 2.45) is 58.2 Å². The van der Waals surface area contributed by atoms with Crippen LogP contribution < -0.4 is 0 Å². The molecule has 2 unspecified atom stereocenters. The molecule has 0 bridgehead atoms. The lowest BCUT2D eigenvalue weighted by Gasteiger charge is -2.61. The van der Waals surface area contributed by atoms with E-state index in [4.69, 9.17) is 4.74 Å². The first kappa shape index (κ1) is 38.3. The van der Waals surface area contributed by atoms with Crippen LogP contribution in [0.4, 0.5) is 0 Å². The summed E-state index contributed by atoms with van der Waals surface area (Å²) in [6.07, 6.45) is 33.4. The Balaban J connectivity index is 1.13. The van der Waals surface area contributed by atoms with Crippen LogP contribution >= 0.6 is 0 Å². The SMILES string of the molecule is CCCCCCCCCCCCCCCC(=O)OC1CC[C@@]2(C)C(CC[C@H]3[C@@H]4CC[C@H]([C@H](C)CC[C@H](C)C(C)C)[C@@]4(C)CC[C@@H]32)C1. The summed E-state index contributed by atoms with van der Waals surface area (Å²) < 4.78 is 6.17. The number of esters is 1. The van der Waals surface area contributed by atoms with Gasteiger partial charge in [0.2, 0.25) is 0 Å². The van der Waals surface area contributed by atoms with Crippen molar-refractivity contribution in [3.05, 3.63) is 0 Å². The van der Waals surface area contributed by atoms with Gasteiger partial charge in [0.05, 0.1) is 0 Å². The van der Waals surface area contributed by atoms with E-state index in [0.29, 0.717) is 17.3 Å². The van der Waals surface area contributed by atoms with Crippen molar-refractivity contribution in [2.45, 2.75) is 215 Å². The number of carbonyl (C=O) groups excluding carboxylic acids is 1. The maximum Gasteiger partial charge on any atom is 0.306 e. The van der Waals surface area contributed by atoms with Crippen molar-refractivity contribution in [1.29, 1.82) is 0 Å². The second-order valence-electron chi connectivity index (χ2n) is 18.5. The predicted molar refractivity (Wildman–Crippen MR) is 198 cm³/mol. The van der Waals surface area contributed by atoms with E-state index in [1.165, 1.54) is 135 Å². The minimum Gasteiger partial charge on any atom is -0.462 e. The van der Waals surface area contributed by atoms with E-state index >= 15 is 0 Å². The lowest BCUT2D eigenvalue weighted by Crippen LogP contribution is -2.54. The van der Waals surface area contributed by atoms with Crippen molar-refractivity contribution in [2.75, 3.05) is 0 Å². The number of hydrogen-bond acceptors (Lipinski definition) is 2. The second kappa shape index (κ2) is 18.5. The van der Waals surface area contributed by atoms with Gasteiger partial charge in [-0.25, -0.2) is 0 Å².